The quantitative estimate of drug-likeness (QED) is 0.282. The van der Waals surface area contributed by atoms with E-state index in [0.717, 1.165) is 15.4 Å². The molecule has 0 aromatic heterocycles. The van der Waals surface area contributed by atoms with Gasteiger partial charge in [-0.15, -0.1) is 0 Å². The maximum Gasteiger partial charge on any atom is 0.353 e. The van der Waals surface area contributed by atoms with Crippen molar-refractivity contribution in [3.63, 3.8) is 0 Å². The van der Waals surface area contributed by atoms with Crippen molar-refractivity contribution in [1.82, 2.24) is 0 Å². The summed E-state index contributed by atoms with van der Waals surface area (Å²) in [6, 6.07) is 0. The van der Waals surface area contributed by atoms with Gasteiger partial charge < -0.3 is 0 Å². The predicted octanol–water partition coefficient (Wildman–Crippen LogP) is 5.75. The third kappa shape index (κ3) is 24.7. The molecule has 0 saturated heterocycles. The second kappa shape index (κ2) is 24.4. The first kappa shape index (κ1) is 22.6. The summed E-state index contributed by atoms with van der Waals surface area (Å²) < 4.78 is 0. The number of unbranched alkanes of at least 4 members (excludes halogenated alkanes) is 10. The molecule has 0 aliphatic rings. The van der Waals surface area contributed by atoms with E-state index in [-0.39, 0.29) is 0 Å². The second-order valence-electron chi connectivity index (χ2n) is 5.60. The Kier molecular flexibility index (Phi) is 29.0. The van der Waals surface area contributed by atoms with Gasteiger partial charge in [-0.3, -0.25) is 10.0 Å². The molecule has 0 amide bonds. The summed E-state index contributed by atoms with van der Waals surface area (Å²) in [5, 5.41) is 3.25. The molecule has 0 rings (SSSR count). The molecule has 19 heavy (non-hydrogen) atoms. The van der Waals surface area contributed by atoms with Gasteiger partial charge in [0.05, 0.1) is 0 Å². The van der Waals surface area contributed by atoms with Gasteiger partial charge in [-0.05, 0) is 0 Å². The number of hydrogen-bond donors (Lipinski definition) is 0. The normalized spacial score (nSPS) is 9.84. The molecule has 0 fully saturated rings. The topological polar surface area (TPSA) is 0 Å². The fourth-order valence-corrected chi connectivity index (χ4v) is 4.21. The molecule has 0 aliphatic heterocycles. The Hall–Kier alpha value is 1.35. The van der Waals surface area contributed by atoms with E-state index in [1.165, 1.54) is 64.2 Å². The molecule has 114 valence electrons. The van der Waals surface area contributed by atoms with Gasteiger partial charge in [-0.25, -0.2) is 0 Å². The summed E-state index contributed by atoms with van der Waals surface area (Å²) in [6.07, 6.45) is 17.8. The molecule has 0 saturated carbocycles. The molecule has 0 aromatic carbocycles. The van der Waals surface area contributed by atoms with Crippen molar-refractivity contribution < 1.29 is 0 Å². The lowest BCUT2D eigenvalue weighted by Crippen LogP contribution is -1.90. The zero-order chi connectivity index (χ0) is 14.6. The van der Waals surface area contributed by atoms with E-state index in [4.69, 9.17) is 10.0 Å². The molecule has 0 aliphatic carbocycles. The number of rotatable bonds is 14. The Bertz CT molecular complexity index is 118. The first-order chi connectivity index (χ1) is 9.41. The largest absolute Gasteiger partial charge is 0.353 e. The predicted molar refractivity (Wildman–Crippen MR) is 97.9 cm³/mol. The summed E-state index contributed by atoms with van der Waals surface area (Å²) in [7, 11) is 4.78. The Balaban J connectivity index is 0. The van der Waals surface area contributed by atoms with Crippen molar-refractivity contribution in [1.29, 1.82) is 0 Å². The van der Waals surface area contributed by atoms with Crippen LogP contribution in [0.3, 0.4) is 0 Å². The number of hydrogen-bond acceptors (Lipinski definition) is 0. The van der Waals surface area contributed by atoms with Gasteiger partial charge in [-0.1, -0.05) is 101 Å². The molecular weight excluding hydrogens is 282 g/mol. The van der Waals surface area contributed by atoms with Crippen LogP contribution in [0, 0.1) is 0 Å². The average molecular weight is 319 g/mol. The minimum absolute atomic E-state index is 0.332. The highest BCUT2D eigenvalue weighted by atomic mass is 35.6. The van der Waals surface area contributed by atoms with Crippen LogP contribution in [0.5, 0.6) is 0 Å². The third-order valence-corrected chi connectivity index (χ3v) is 5.71. The maximum atomic E-state index is 4.78. The highest BCUT2D eigenvalue weighted by Gasteiger charge is 1.95. The lowest BCUT2D eigenvalue weighted by atomic mass is 10.1. The fourth-order valence-electron chi connectivity index (χ4n) is 2.44. The van der Waals surface area contributed by atoms with Gasteiger partial charge in [0.15, 0.2) is 0 Å². The van der Waals surface area contributed by atoms with Gasteiger partial charge >= 0.3 is 15.4 Å². The van der Waals surface area contributed by atoms with E-state index in [9.17, 15) is 0 Å². The molecule has 0 heterocycles. The van der Waals surface area contributed by atoms with Crippen LogP contribution in [0.4, 0.5) is 0 Å². The molecule has 3 heteroatoms. The van der Waals surface area contributed by atoms with E-state index in [2.05, 4.69) is 13.8 Å². The molecule has 0 bridgehead atoms. The zero-order valence-corrected chi connectivity index (χ0v) is 18.2. The van der Waals surface area contributed by atoms with Crippen LogP contribution in [0.2, 0.25) is 10.6 Å². The first-order valence-corrected chi connectivity index (χ1v) is 13.8. The van der Waals surface area contributed by atoms with Crippen LogP contribution >= 0.6 is 10.0 Å². The van der Waals surface area contributed by atoms with Crippen molar-refractivity contribution in [2.45, 2.75) is 101 Å². The van der Waals surface area contributed by atoms with Gasteiger partial charge in [0, 0.05) is 0 Å². The Morgan fingerprint density at radius 1 is 0.579 bits per heavy atom. The van der Waals surface area contributed by atoms with Gasteiger partial charge in [0.1, 0.15) is 0 Å². The van der Waals surface area contributed by atoms with Crippen molar-refractivity contribution in [2.24, 2.45) is 0 Å². The summed E-state index contributed by atoms with van der Waals surface area (Å²) in [4.78, 5) is 0. The monoisotopic (exact) mass is 318 g/mol. The molecule has 0 aromatic rings. The fraction of sp³-hybridized carbons (Fsp3) is 1.00. The van der Waals surface area contributed by atoms with Crippen LogP contribution in [-0.4, -0.2) is 30.6 Å². The van der Waals surface area contributed by atoms with Crippen molar-refractivity contribution in [3.05, 3.63) is 0 Å². The Labute approximate surface area is 141 Å². The van der Waals surface area contributed by atoms with Crippen molar-refractivity contribution in [2.75, 3.05) is 0 Å². The summed E-state index contributed by atoms with van der Waals surface area (Å²) >= 11 is 1.11. The van der Waals surface area contributed by atoms with Crippen LogP contribution < -0.4 is 0 Å². The van der Waals surface area contributed by atoms with Crippen LogP contribution in [-0.2, 0) is 0 Å². The minimum Gasteiger partial charge on any atom is -0.273 e. The zero-order valence-electron chi connectivity index (χ0n) is 14.0. The van der Waals surface area contributed by atoms with Crippen LogP contribution in [0.15, 0.2) is 0 Å². The Morgan fingerprint density at radius 3 is 1.26 bits per heavy atom. The highest BCUT2D eigenvalue weighted by molar-refractivity contribution is 6.80. The van der Waals surface area contributed by atoms with E-state index >= 15 is 0 Å². The van der Waals surface area contributed by atoms with Crippen molar-refractivity contribution in [3.8, 4) is 0 Å². The number of halogens is 1. The Morgan fingerprint density at radius 2 is 0.895 bits per heavy atom. The molecule has 0 radical (unpaired) electrons. The SMILES string of the molecule is CCCCCCC[CH2][AlH][CH2]CCCCCCC.[AlH2][Cl]. The summed E-state index contributed by atoms with van der Waals surface area (Å²) in [5.41, 5.74) is 0. The lowest BCUT2D eigenvalue weighted by Gasteiger charge is -2.01. The van der Waals surface area contributed by atoms with Crippen LogP contribution in [0.25, 0.3) is 0 Å². The van der Waals surface area contributed by atoms with E-state index < -0.39 is 0 Å². The van der Waals surface area contributed by atoms with Gasteiger partial charge in [0.2, 0.25) is 15.2 Å². The van der Waals surface area contributed by atoms with Crippen LogP contribution in [0.1, 0.15) is 90.9 Å². The highest BCUT2D eigenvalue weighted by Crippen LogP contribution is 2.10. The summed E-state index contributed by atoms with van der Waals surface area (Å²) in [5.74, 6) is 0. The summed E-state index contributed by atoms with van der Waals surface area (Å²) in [6.45, 7) is 4.60. The van der Waals surface area contributed by atoms with E-state index in [0.29, 0.717) is 15.2 Å². The lowest BCUT2D eigenvalue weighted by molar-refractivity contribution is 0.618. The average Bonchev–Trinajstić information content (AvgIpc) is 2.46. The standard InChI is InChI=1S/2C8H17.2Al.ClH.3H/c2*1-3-5-7-8-6-4-2;;;;;;/h2*1,3-8H2,2H3;;;1H;;;/q;;;+1;;;;/p-1. The molecule has 0 N–H and O–H groups in total. The smallest absolute Gasteiger partial charge is 0.273 e. The van der Waals surface area contributed by atoms with Gasteiger partial charge in [-0.2, -0.15) is 0 Å². The van der Waals surface area contributed by atoms with Gasteiger partial charge in [0.25, 0.3) is 0 Å². The van der Waals surface area contributed by atoms with E-state index in [1.807, 2.05) is 0 Å². The molecular formula is C16H37Al2Cl. The molecule has 0 unspecified atom stereocenters. The maximum absolute atomic E-state index is 4.78. The first-order valence-electron chi connectivity index (χ1n) is 8.79. The van der Waals surface area contributed by atoms with E-state index in [1.54, 1.807) is 23.4 Å². The van der Waals surface area contributed by atoms with Crippen molar-refractivity contribution >= 4 is 40.6 Å². The minimum atomic E-state index is 0.332. The third-order valence-electron chi connectivity index (χ3n) is 3.71. The molecule has 0 atom stereocenters. The second-order valence-corrected chi connectivity index (χ2v) is 7.72. The molecule has 0 spiro atoms. The molecule has 0 nitrogen and oxygen atoms in total.